The largest absolute Gasteiger partial charge is 0.329 e. The van der Waals surface area contributed by atoms with Crippen molar-refractivity contribution in [3.8, 4) is 0 Å². The fourth-order valence-corrected chi connectivity index (χ4v) is 4.25. The summed E-state index contributed by atoms with van der Waals surface area (Å²) in [4.78, 5) is 2.60. The van der Waals surface area contributed by atoms with Crippen molar-refractivity contribution in [2.45, 2.75) is 71.4 Å². The minimum atomic E-state index is 0.250. The predicted molar refractivity (Wildman–Crippen MR) is 93.4 cm³/mol. The van der Waals surface area contributed by atoms with Crippen LogP contribution in [0.2, 0.25) is 0 Å². The van der Waals surface area contributed by atoms with Crippen molar-refractivity contribution in [1.82, 2.24) is 4.90 Å². The zero-order valence-electron chi connectivity index (χ0n) is 14.5. The van der Waals surface area contributed by atoms with Crippen molar-refractivity contribution >= 4 is 11.8 Å². The fourth-order valence-electron chi connectivity index (χ4n) is 3.67. The van der Waals surface area contributed by atoms with Crippen LogP contribution in [0.25, 0.3) is 0 Å². The van der Waals surface area contributed by atoms with E-state index in [1.165, 1.54) is 37.9 Å². The van der Waals surface area contributed by atoms with E-state index in [0.29, 0.717) is 11.5 Å². The summed E-state index contributed by atoms with van der Waals surface area (Å²) >= 11 is 1.95. The molecule has 0 heterocycles. The van der Waals surface area contributed by atoms with E-state index in [9.17, 15) is 0 Å². The standard InChI is InChI=1S/C17H36N2S/c1-14(9-12-20-6)19(5)17(13-18)10-7-15(8-11-17)16(2,3)4/h14-15H,7-13,18H2,1-6H3. The molecule has 2 N–H and O–H groups in total. The Morgan fingerprint density at radius 2 is 1.85 bits per heavy atom. The minimum absolute atomic E-state index is 0.250. The van der Waals surface area contributed by atoms with Crippen LogP contribution < -0.4 is 5.73 Å². The van der Waals surface area contributed by atoms with E-state index in [0.717, 1.165) is 12.5 Å². The lowest BCUT2D eigenvalue weighted by Crippen LogP contribution is -2.57. The first kappa shape index (κ1) is 18.3. The van der Waals surface area contributed by atoms with Gasteiger partial charge < -0.3 is 5.73 Å². The van der Waals surface area contributed by atoms with Crippen molar-refractivity contribution in [3.05, 3.63) is 0 Å². The van der Waals surface area contributed by atoms with Crippen LogP contribution in [0.1, 0.15) is 59.8 Å². The highest BCUT2D eigenvalue weighted by Gasteiger charge is 2.41. The van der Waals surface area contributed by atoms with Crippen LogP contribution in [0.15, 0.2) is 0 Å². The molecule has 0 aromatic rings. The summed E-state index contributed by atoms with van der Waals surface area (Å²) in [5, 5.41) is 0. The van der Waals surface area contributed by atoms with Gasteiger partial charge in [0.15, 0.2) is 0 Å². The van der Waals surface area contributed by atoms with Gasteiger partial charge in [-0.15, -0.1) is 0 Å². The lowest BCUT2D eigenvalue weighted by Gasteiger charge is -2.50. The second kappa shape index (κ2) is 7.51. The summed E-state index contributed by atoms with van der Waals surface area (Å²) in [6.07, 6.45) is 8.67. The van der Waals surface area contributed by atoms with Gasteiger partial charge in [-0.05, 0) is 69.4 Å². The van der Waals surface area contributed by atoms with Crippen LogP contribution in [0.3, 0.4) is 0 Å². The van der Waals surface area contributed by atoms with Crippen molar-refractivity contribution < 1.29 is 0 Å². The molecule has 1 rings (SSSR count). The minimum Gasteiger partial charge on any atom is -0.329 e. The maximum atomic E-state index is 6.21. The van der Waals surface area contributed by atoms with E-state index < -0.39 is 0 Å². The second-order valence-corrected chi connectivity index (χ2v) is 8.80. The first-order valence-electron chi connectivity index (χ1n) is 8.19. The molecule has 2 nitrogen and oxygen atoms in total. The van der Waals surface area contributed by atoms with Gasteiger partial charge in [0.05, 0.1) is 0 Å². The molecule has 0 saturated heterocycles. The molecular weight excluding hydrogens is 264 g/mol. The molecule has 0 aliphatic heterocycles. The summed E-state index contributed by atoms with van der Waals surface area (Å²) in [7, 11) is 2.30. The van der Waals surface area contributed by atoms with Gasteiger partial charge >= 0.3 is 0 Å². The molecule has 0 amide bonds. The van der Waals surface area contributed by atoms with Crippen molar-refractivity contribution in [2.75, 3.05) is 25.6 Å². The zero-order chi connectivity index (χ0) is 15.4. The van der Waals surface area contributed by atoms with Crippen LogP contribution >= 0.6 is 11.8 Å². The number of thioether (sulfide) groups is 1. The van der Waals surface area contributed by atoms with Crippen LogP contribution in [-0.2, 0) is 0 Å². The van der Waals surface area contributed by atoms with Crippen LogP contribution in [0.4, 0.5) is 0 Å². The lowest BCUT2D eigenvalue weighted by atomic mass is 9.66. The highest BCUT2D eigenvalue weighted by molar-refractivity contribution is 7.98. The molecule has 0 spiro atoms. The molecule has 1 unspecified atom stereocenters. The third-order valence-electron chi connectivity index (χ3n) is 5.67. The first-order valence-corrected chi connectivity index (χ1v) is 9.58. The number of likely N-dealkylation sites (N-methyl/N-ethyl adjacent to an activating group) is 1. The van der Waals surface area contributed by atoms with Gasteiger partial charge in [0.1, 0.15) is 0 Å². The number of rotatable bonds is 6. The summed E-state index contributed by atoms with van der Waals surface area (Å²) in [5.74, 6) is 2.11. The molecule has 3 heteroatoms. The Balaban J connectivity index is 2.66. The fraction of sp³-hybridized carbons (Fsp3) is 1.00. The van der Waals surface area contributed by atoms with Gasteiger partial charge in [0.2, 0.25) is 0 Å². The van der Waals surface area contributed by atoms with Gasteiger partial charge in [-0.1, -0.05) is 20.8 Å². The van der Waals surface area contributed by atoms with Gasteiger partial charge in [-0.2, -0.15) is 11.8 Å². The quantitative estimate of drug-likeness (QED) is 0.804. The van der Waals surface area contributed by atoms with Gasteiger partial charge in [0, 0.05) is 18.1 Å². The topological polar surface area (TPSA) is 29.3 Å². The van der Waals surface area contributed by atoms with E-state index >= 15 is 0 Å². The van der Waals surface area contributed by atoms with E-state index in [-0.39, 0.29) is 5.54 Å². The Labute approximate surface area is 131 Å². The number of hydrogen-bond acceptors (Lipinski definition) is 3. The average molecular weight is 301 g/mol. The molecule has 0 radical (unpaired) electrons. The first-order chi connectivity index (χ1) is 9.27. The summed E-state index contributed by atoms with van der Waals surface area (Å²) in [6, 6.07) is 0.636. The number of nitrogens with two attached hydrogens (primary N) is 1. The zero-order valence-corrected chi connectivity index (χ0v) is 15.4. The molecular formula is C17H36N2S. The Morgan fingerprint density at radius 1 is 1.30 bits per heavy atom. The number of nitrogens with zero attached hydrogens (tertiary/aromatic N) is 1. The lowest BCUT2D eigenvalue weighted by molar-refractivity contribution is 0.0153. The Kier molecular flexibility index (Phi) is 6.88. The molecule has 120 valence electrons. The molecule has 1 atom stereocenters. The molecule has 1 aliphatic rings. The molecule has 0 aromatic carbocycles. The monoisotopic (exact) mass is 300 g/mol. The Hall–Kier alpha value is 0.270. The summed E-state index contributed by atoms with van der Waals surface area (Å²) in [6.45, 7) is 10.3. The van der Waals surface area contributed by atoms with Crippen LogP contribution in [0.5, 0.6) is 0 Å². The van der Waals surface area contributed by atoms with Crippen molar-refractivity contribution in [2.24, 2.45) is 17.1 Å². The van der Waals surface area contributed by atoms with Gasteiger partial charge in [-0.25, -0.2) is 0 Å². The van der Waals surface area contributed by atoms with E-state index in [1.807, 2.05) is 11.8 Å². The van der Waals surface area contributed by atoms with Gasteiger partial charge in [0.25, 0.3) is 0 Å². The third-order valence-corrected chi connectivity index (χ3v) is 6.31. The molecule has 1 saturated carbocycles. The van der Waals surface area contributed by atoms with E-state index in [2.05, 4.69) is 45.9 Å². The molecule has 1 fully saturated rings. The average Bonchev–Trinajstić information content (AvgIpc) is 2.42. The maximum absolute atomic E-state index is 6.21. The molecule has 0 aromatic heterocycles. The van der Waals surface area contributed by atoms with Crippen molar-refractivity contribution in [3.63, 3.8) is 0 Å². The molecule has 1 aliphatic carbocycles. The van der Waals surface area contributed by atoms with Crippen LogP contribution in [-0.4, -0.2) is 42.1 Å². The molecule has 0 bridgehead atoms. The van der Waals surface area contributed by atoms with Gasteiger partial charge in [-0.3, -0.25) is 4.90 Å². The maximum Gasteiger partial charge on any atom is 0.0331 e. The Bertz CT molecular complexity index is 277. The molecule has 20 heavy (non-hydrogen) atoms. The summed E-state index contributed by atoms with van der Waals surface area (Å²) in [5.41, 5.74) is 6.91. The Morgan fingerprint density at radius 3 is 2.25 bits per heavy atom. The summed E-state index contributed by atoms with van der Waals surface area (Å²) < 4.78 is 0. The normalized spacial score (nSPS) is 29.7. The number of hydrogen-bond donors (Lipinski definition) is 1. The smallest absolute Gasteiger partial charge is 0.0331 e. The SMILES string of the molecule is CSCCC(C)N(C)C1(CN)CCC(C(C)(C)C)CC1. The van der Waals surface area contributed by atoms with E-state index in [4.69, 9.17) is 5.73 Å². The third kappa shape index (κ3) is 4.38. The van der Waals surface area contributed by atoms with Crippen molar-refractivity contribution in [1.29, 1.82) is 0 Å². The highest BCUT2D eigenvalue weighted by Crippen LogP contribution is 2.43. The predicted octanol–water partition coefficient (Wildman–Crippen LogP) is 3.99. The second-order valence-electron chi connectivity index (χ2n) is 7.81. The van der Waals surface area contributed by atoms with E-state index in [1.54, 1.807) is 0 Å². The van der Waals surface area contributed by atoms with Crippen LogP contribution in [0, 0.1) is 11.3 Å². The highest BCUT2D eigenvalue weighted by atomic mass is 32.2.